The summed E-state index contributed by atoms with van der Waals surface area (Å²) in [5.74, 6) is 1.86. The zero-order valence-electron chi connectivity index (χ0n) is 17.7. The summed E-state index contributed by atoms with van der Waals surface area (Å²) in [5, 5.41) is 3.51. The Morgan fingerprint density at radius 2 is 1.84 bits per heavy atom. The average molecular weight is 422 g/mol. The number of anilines is 1. The van der Waals surface area contributed by atoms with Gasteiger partial charge in [-0.1, -0.05) is 30.3 Å². The minimum atomic E-state index is -0.244. The largest absolute Gasteiger partial charge is 0.497 e. The van der Waals surface area contributed by atoms with Gasteiger partial charge in [0, 0.05) is 30.1 Å². The van der Waals surface area contributed by atoms with Crippen LogP contribution in [0, 0.1) is 0 Å². The number of aromatic nitrogens is 3. The molecule has 2 atom stereocenters. The van der Waals surface area contributed by atoms with E-state index in [1.165, 1.54) is 0 Å². The number of fused-ring (bicyclic) bond motifs is 3. The Kier molecular flexibility index (Phi) is 4.31. The SMILES string of the molecule is COc1ccc([C@@H]2CC(=O)C3=C(C2)Nc2nc4ccccc4n2[C@H]3c2cccnc2)cc1. The smallest absolute Gasteiger partial charge is 0.209 e. The number of para-hydroxylation sites is 2. The maximum absolute atomic E-state index is 13.6. The summed E-state index contributed by atoms with van der Waals surface area (Å²) >= 11 is 0. The quantitative estimate of drug-likeness (QED) is 0.511. The normalized spacial score (nSPS) is 20.0. The second-order valence-corrected chi connectivity index (χ2v) is 8.30. The molecule has 0 fully saturated rings. The Morgan fingerprint density at radius 3 is 2.62 bits per heavy atom. The lowest BCUT2D eigenvalue weighted by molar-refractivity contribution is -0.116. The zero-order chi connectivity index (χ0) is 21.7. The number of nitrogens with one attached hydrogen (secondary N) is 1. The molecule has 6 rings (SSSR count). The van der Waals surface area contributed by atoms with Crippen molar-refractivity contribution in [1.29, 1.82) is 0 Å². The minimum Gasteiger partial charge on any atom is -0.497 e. The van der Waals surface area contributed by atoms with Crippen molar-refractivity contribution in [3.05, 3.63) is 95.5 Å². The molecular formula is C26H22N4O2. The van der Waals surface area contributed by atoms with Crippen LogP contribution in [0.1, 0.15) is 35.9 Å². The van der Waals surface area contributed by atoms with Crippen molar-refractivity contribution < 1.29 is 9.53 Å². The first-order chi connectivity index (χ1) is 15.7. The van der Waals surface area contributed by atoms with Gasteiger partial charge in [0.1, 0.15) is 5.75 Å². The molecular weight excluding hydrogens is 400 g/mol. The van der Waals surface area contributed by atoms with Crippen molar-refractivity contribution in [3.8, 4) is 5.75 Å². The van der Waals surface area contributed by atoms with Crippen LogP contribution in [-0.2, 0) is 4.79 Å². The third-order valence-electron chi connectivity index (χ3n) is 6.49. The third-order valence-corrected chi connectivity index (χ3v) is 6.49. The van der Waals surface area contributed by atoms with Gasteiger partial charge in [-0.25, -0.2) is 4.98 Å². The van der Waals surface area contributed by atoms with E-state index in [-0.39, 0.29) is 17.7 Å². The Morgan fingerprint density at radius 1 is 1.00 bits per heavy atom. The van der Waals surface area contributed by atoms with Gasteiger partial charge < -0.3 is 10.1 Å². The molecule has 2 aliphatic rings. The van der Waals surface area contributed by atoms with Crippen molar-refractivity contribution in [2.75, 3.05) is 12.4 Å². The monoisotopic (exact) mass is 422 g/mol. The van der Waals surface area contributed by atoms with Crippen molar-refractivity contribution in [3.63, 3.8) is 0 Å². The standard InChI is InChI=1S/C26H22N4O2/c1-32-19-10-8-16(9-11-19)18-13-21-24(23(31)14-18)25(17-5-4-12-27-15-17)30-22-7-3-2-6-20(22)28-26(30)29-21/h2-12,15,18,25H,13-14H2,1H3,(H,28,29)/t18-,25-/m0/s1. The van der Waals surface area contributed by atoms with Crippen LogP contribution >= 0.6 is 0 Å². The Balaban J connectivity index is 1.48. The van der Waals surface area contributed by atoms with Gasteiger partial charge in [0.25, 0.3) is 0 Å². The lowest BCUT2D eigenvalue weighted by Gasteiger charge is -2.36. The second-order valence-electron chi connectivity index (χ2n) is 8.30. The second kappa shape index (κ2) is 7.34. The Hall–Kier alpha value is -3.93. The lowest BCUT2D eigenvalue weighted by atomic mass is 9.78. The summed E-state index contributed by atoms with van der Waals surface area (Å²) in [5.41, 5.74) is 5.81. The molecule has 1 N–H and O–H groups in total. The molecule has 2 aromatic carbocycles. The number of ketones is 1. The summed E-state index contributed by atoms with van der Waals surface area (Å²) in [7, 11) is 1.66. The third kappa shape index (κ3) is 2.91. The first kappa shape index (κ1) is 18.8. The molecule has 0 saturated carbocycles. The van der Waals surface area contributed by atoms with Crippen LogP contribution in [0.4, 0.5) is 5.95 Å². The molecule has 0 saturated heterocycles. The van der Waals surface area contributed by atoms with Crippen molar-refractivity contribution in [2.45, 2.75) is 24.8 Å². The molecule has 0 amide bonds. The highest BCUT2D eigenvalue weighted by Crippen LogP contribution is 2.45. The number of carbonyl (C=O) groups excluding carboxylic acids is 1. The molecule has 3 heterocycles. The van der Waals surface area contributed by atoms with E-state index in [0.29, 0.717) is 6.42 Å². The fourth-order valence-electron chi connectivity index (χ4n) is 4.99. The van der Waals surface area contributed by atoms with Gasteiger partial charge in [0.15, 0.2) is 5.78 Å². The van der Waals surface area contributed by atoms with Crippen LogP contribution in [0.5, 0.6) is 5.75 Å². The fourth-order valence-corrected chi connectivity index (χ4v) is 4.99. The van der Waals surface area contributed by atoms with Gasteiger partial charge >= 0.3 is 0 Å². The van der Waals surface area contributed by atoms with Crippen LogP contribution in [-0.4, -0.2) is 27.4 Å². The van der Waals surface area contributed by atoms with E-state index in [0.717, 1.165) is 51.5 Å². The molecule has 6 heteroatoms. The number of hydrogen-bond donors (Lipinski definition) is 1. The molecule has 32 heavy (non-hydrogen) atoms. The number of allylic oxidation sites excluding steroid dienone is 2. The number of carbonyl (C=O) groups is 1. The highest BCUT2D eigenvalue weighted by molar-refractivity contribution is 6.01. The summed E-state index contributed by atoms with van der Waals surface area (Å²) in [6.07, 6.45) is 4.84. The predicted octanol–water partition coefficient (Wildman–Crippen LogP) is 4.86. The lowest BCUT2D eigenvalue weighted by Crippen LogP contribution is -2.33. The van der Waals surface area contributed by atoms with Crippen molar-refractivity contribution >= 4 is 22.8 Å². The van der Waals surface area contributed by atoms with E-state index in [9.17, 15) is 4.79 Å². The molecule has 158 valence electrons. The number of imidazole rings is 1. The highest BCUT2D eigenvalue weighted by Gasteiger charge is 2.39. The van der Waals surface area contributed by atoms with Crippen molar-refractivity contribution in [2.24, 2.45) is 0 Å². The molecule has 2 aromatic heterocycles. The van der Waals surface area contributed by atoms with Crippen LogP contribution in [0.2, 0.25) is 0 Å². The molecule has 0 radical (unpaired) electrons. The van der Waals surface area contributed by atoms with Gasteiger partial charge in [0.05, 0.1) is 24.2 Å². The van der Waals surface area contributed by atoms with E-state index in [2.05, 4.69) is 33.1 Å². The van der Waals surface area contributed by atoms with E-state index >= 15 is 0 Å². The molecule has 4 aromatic rings. The fraction of sp³-hybridized carbons (Fsp3) is 0.192. The van der Waals surface area contributed by atoms with Crippen LogP contribution in [0.3, 0.4) is 0 Å². The molecule has 0 unspecified atom stereocenters. The number of hydrogen-bond acceptors (Lipinski definition) is 5. The number of methoxy groups -OCH3 is 1. The molecule has 6 nitrogen and oxygen atoms in total. The van der Waals surface area contributed by atoms with Gasteiger partial charge in [-0.05, 0) is 53.8 Å². The van der Waals surface area contributed by atoms with Gasteiger partial charge in [0.2, 0.25) is 5.95 Å². The van der Waals surface area contributed by atoms with Crippen molar-refractivity contribution in [1.82, 2.24) is 14.5 Å². The number of pyridine rings is 1. The first-order valence-electron chi connectivity index (χ1n) is 10.8. The van der Waals surface area contributed by atoms with E-state index in [1.807, 2.05) is 48.7 Å². The number of rotatable bonds is 3. The van der Waals surface area contributed by atoms with Gasteiger partial charge in [-0.15, -0.1) is 0 Å². The van der Waals surface area contributed by atoms with Crippen LogP contribution in [0.15, 0.2) is 84.3 Å². The summed E-state index contributed by atoms with van der Waals surface area (Å²) in [6, 6.07) is 19.8. The van der Waals surface area contributed by atoms with E-state index in [4.69, 9.17) is 9.72 Å². The Labute approximate surface area is 185 Å². The van der Waals surface area contributed by atoms with Gasteiger partial charge in [-0.3, -0.25) is 14.3 Å². The van der Waals surface area contributed by atoms with Gasteiger partial charge in [-0.2, -0.15) is 0 Å². The number of nitrogens with zero attached hydrogens (tertiary/aromatic N) is 3. The van der Waals surface area contributed by atoms with E-state index < -0.39 is 0 Å². The molecule has 1 aliphatic heterocycles. The highest BCUT2D eigenvalue weighted by atomic mass is 16.5. The predicted molar refractivity (Wildman–Crippen MR) is 123 cm³/mol. The molecule has 0 bridgehead atoms. The Bertz CT molecular complexity index is 1360. The summed E-state index contributed by atoms with van der Waals surface area (Å²) in [6.45, 7) is 0. The minimum absolute atomic E-state index is 0.116. The number of benzene rings is 2. The first-order valence-corrected chi connectivity index (χ1v) is 10.8. The summed E-state index contributed by atoms with van der Waals surface area (Å²) in [4.78, 5) is 22.8. The topological polar surface area (TPSA) is 69.0 Å². The van der Waals surface area contributed by atoms with Crippen LogP contribution < -0.4 is 10.1 Å². The van der Waals surface area contributed by atoms with Crippen LogP contribution in [0.25, 0.3) is 11.0 Å². The zero-order valence-corrected chi connectivity index (χ0v) is 17.7. The molecule has 1 aliphatic carbocycles. The molecule has 0 spiro atoms. The maximum Gasteiger partial charge on any atom is 0.209 e. The average Bonchev–Trinajstić information content (AvgIpc) is 3.21. The summed E-state index contributed by atoms with van der Waals surface area (Å²) < 4.78 is 7.42. The number of Topliss-reactive ketones (excluding diaryl/α,β-unsaturated/α-hetero) is 1. The maximum atomic E-state index is 13.6. The van der Waals surface area contributed by atoms with E-state index in [1.54, 1.807) is 13.3 Å². The number of ether oxygens (including phenoxy) is 1.